The first-order valence-corrected chi connectivity index (χ1v) is 9.64. The summed E-state index contributed by atoms with van der Waals surface area (Å²) in [5, 5.41) is 0. The van der Waals surface area contributed by atoms with Gasteiger partial charge in [-0.25, -0.2) is 4.39 Å². The van der Waals surface area contributed by atoms with Crippen molar-refractivity contribution in [1.29, 1.82) is 0 Å². The molecular formula is C23H24F4O. The highest BCUT2D eigenvalue weighted by Gasteiger charge is 2.21. The monoisotopic (exact) mass is 392 g/mol. The quantitative estimate of drug-likeness (QED) is 0.355. The highest BCUT2D eigenvalue weighted by molar-refractivity contribution is 5.64. The zero-order chi connectivity index (χ0) is 19.9. The van der Waals surface area contributed by atoms with E-state index in [0.29, 0.717) is 23.8 Å². The molecule has 0 spiro atoms. The Morgan fingerprint density at radius 3 is 2.25 bits per heavy atom. The van der Waals surface area contributed by atoms with E-state index in [1.165, 1.54) is 17.7 Å². The summed E-state index contributed by atoms with van der Waals surface area (Å²) in [4.78, 5) is 0. The fraction of sp³-hybridized carbons (Fsp3) is 0.391. The molecule has 3 rings (SSSR count). The van der Waals surface area contributed by atoms with E-state index < -0.39 is 18.2 Å². The molecule has 1 nitrogen and oxygen atoms in total. The van der Waals surface area contributed by atoms with Crippen molar-refractivity contribution in [3.63, 3.8) is 0 Å². The zero-order valence-electron chi connectivity index (χ0n) is 15.6. The first-order valence-electron chi connectivity index (χ1n) is 9.64. The highest BCUT2D eigenvalue weighted by atomic mass is 19.3. The summed E-state index contributed by atoms with van der Waals surface area (Å²) in [6, 6.07) is 12.0. The average Bonchev–Trinajstić information content (AvgIpc) is 2.70. The maximum atomic E-state index is 13.9. The third kappa shape index (κ3) is 5.37. The van der Waals surface area contributed by atoms with Crippen molar-refractivity contribution >= 4 is 0 Å². The number of benzene rings is 2. The number of rotatable bonds is 7. The molecule has 5 heteroatoms. The van der Waals surface area contributed by atoms with Gasteiger partial charge >= 0.3 is 6.61 Å². The molecule has 0 amide bonds. The van der Waals surface area contributed by atoms with Gasteiger partial charge in [-0.05, 0) is 72.8 Å². The van der Waals surface area contributed by atoms with Gasteiger partial charge < -0.3 is 4.74 Å². The summed E-state index contributed by atoms with van der Waals surface area (Å²) in [6.07, 6.45) is 8.98. The van der Waals surface area contributed by atoms with E-state index in [2.05, 4.69) is 22.9 Å². The van der Waals surface area contributed by atoms with Gasteiger partial charge in [0.25, 0.3) is 0 Å². The normalized spacial score (nSPS) is 20.0. The van der Waals surface area contributed by atoms with Gasteiger partial charge in [-0.1, -0.05) is 42.5 Å². The van der Waals surface area contributed by atoms with Crippen molar-refractivity contribution < 1.29 is 22.3 Å². The summed E-state index contributed by atoms with van der Waals surface area (Å²) in [5.74, 6) is -0.217. The lowest BCUT2D eigenvalue weighted by atomic mass is 9.78. The van der Waals surface area contributed by atoms with Crippen molar-refractivity contribution in [3.8, 4) is 16.9 Å². The summed E-state index contributed by atoms with van der Waals surface area (Å²) in [5.41, 5.74) is 2.70. The van der Waals surface area contributed by atoms with Crippen LogP contribution in [-0.2, 0) is 0 Å². The van der Waals surface area contributed by atoms with Crippen LogP contribution in [0, 0.1) is 11.7 Å². The summed E-state index contributed by atoms with van der Waals surface area (Å²) < 4.78 is 54.7. The van der Waals surface area contributed by atoms with E-state index in [-0.39, 0.29) is 6.67 Å². The molecule has 0 unspecified atom stereocenters. The second-order valence-electron chi connectivity index (χ2n) is 7.16. The molecule has 28 heavy (non-hydrogen) atoms. The van der Waals surface area contributed by atoms with Gasteiger partial charge in [0.2, 0.25) is 0 Å². The molecule has 2 aromatic carbocycles. The number of alkyl halides is 3. The van der Waals surface area contributed by atoms with Gasteiger partial charge in [-0.2, -0.15) is 8.78 Å². The number of hydrogen-bond donors (Lipinski definition) is 0. The lowest BCUT2D eigenvalue weighted by Gasteiger charge is -2.27. The maximum Gasteiger partial charge on any atom is 0.387 e. The van der Waals surface area contributed by atoms with E-state index in [1.807, 2.05) is 18.2 Å². The van der Waals surface area contributed by atoms with Crippen LogP contribution in [0.15, 0.2) is 54.6 Å². The first kappa shape index (κ1) is 20.4. The Hall–Kier alpha value is -2.30. The number of allylic oxidation sites excluding steroid dienone is 2. The molecule has 150 valence electrons. The molecule has 0 heterocycles. The second kappa shape index (κ2) is 9.76. The molecule has 0 bridgehead atoms. The third-order valence-electron chi connectivity index (χ3n) is 5.32. The molecule has 2 aromatic rings. The van der Waals surface area contributed by atoms with E-state index in [9.17, 15) is 17.6 Å². The molecule has 1 aliphatic carbocycles. The van der Waals surface area contributed by atoms with E-state index in [1.54, 1.807) is 6.07 Å². The Bertz CT molecular complexity index is 778. The molecule has 0 aliphatic heterocycles. The Morgan fingerprint density at radius 2 is 1.64 bits per heavy atom. The summed E-state index contributed by atoms with van der Waals surface area (Å²) in [6.45, 7) is -3.35. The molecule has 0 atom stereocenters. The van der Waals surface area contributed by atoms with E-state index in [4.69, 9.17) is 0 Å². The number of hydrogen-bond acceptors (Lipinski definition) is 1. The summed E-state index contributed by atoms with van der Waals surface area (Å²) in [7, 11) is 0. The third-order valence-corrected chi connectivity index (χ3v) is 5.32. The minimum absolute atomic E-state index is 0.302. The van der Waals surface area contributed by atoms with Gasteiger partial charge in [0.15, 0.2) is 11.6 Å². The Balaban J connectivity index is 1.62. The highest BCUT2D eigenvalue weighted by Crippen LogP contribution is 2.37. The van der Waals surface area contributed by atoms with Gasteiger partial charge in [-0.3, -0.25) is 4.39 Å². The SMILES string of the molecule is FCCC=C[C@H]1CC[C@H](c2ccc(-c3ccc(OC(F)F)c(F)c3)cc2)CC1. The molecule has 0 saturated heterocycles. The van der Waals surface area contributed by atoms with Crippen LogP contribution in [0.2, 0.25) is 0 Å². The molecule has 0 N–H and O–H groups in total. The van der Waals surface area contributed by atoms with Crippen molar-refractivity contribution in [3.05, 3.63) is 66.0 Å². The first-order chi connectivity index (χ1) is 13.6. The lowest BCUT2D eigenvalue weighted by Crippen LogP contribution is -2.11. The second-order valence-corrected chi connectivity index (χ2v) is 7.16. The maximum absolute atomic E-state index is 13.9. The van der Waals surface area contributed by atoms with Crippen molar-refractivity contribution in [2.75, 3.05) is 6.67 Å². The largest absolute Gasteiger partial charge is 0.432 e. The Kier molecular flexibility index (Phi) is 7.12. The minimum atomic E-state index is -3.05. The standard InChI is InChI=1S/C23H24F4O/c24-14-2-1-3-16-4-6-17(7-5-16)18-8-10-19(11-9-18)20-12-13-22(21(25)15-20)28-23(26)27/h1,3,8-13,15-17,23H,2,4-7,14H2/t16-,17-. The lowest BCUT2D eigenvalue weighted by molar-refractivity contribution is -0.0521. The van der Waals surface area contributed by atoms with Crippen LogP contribution in [0.5, 0.6) is 5.75 Å². The van der Waals surface area contributed by atoms with Crippen LogP contribution >= 0.6 is 0 Å². The van der Waals surface area contributed by atoms with Gasteiger partial charge in [0.1, 0.15) is 0 Å². The average molecular weight is 392 g/mol. The predicted octanol–water partition coefficient (Wildman–Crippen LogP) is 7.28. The van der Waals surface area contributed by atoms with Crippen LogP contribution in [0.3, 0.4) is 0 Å². The zero-order valence-corrected chi connectivity index (χ0v) is 15.6. The van der Waals surface area contributed by atoms with Gasteiger partial charge in [-0.15, -0.1) is 0 Å². The van der Waals surface area contributed by atoms with Crippen LogP contribution < -0.4 is 4.74 Å². The van der Waals surface area contributed by atoms with E-state index >= 15 is 0 Å². The number of ether oxygens (including phenoxy) is 1. The van der Waals surface area contributed by atoms with Crippen LogP contribution in [0.1, 0.15) is 43.6 Å². The fourth-order valence-corrected chi connectivity index (χ4v) is 3.82. The number of halogens is 4. The van der Waals surface area contributed by atoms with Gasteiger partial charge in [0, 0.05) is 0 Å². The predicted molar refractivity (Wildman–Crippen MR) is 103 cm³/mol. The van der Waals surface area contributed by atoms with Gasteiger partial charge in [0.05, 0.1) is 6.67 Å². The molecule has 0 radical (unpaired) electrons. The molecule has 1 aliphatic rings. The van der Waals surface area contributed by atoms with Crippen molar-refractivity contribution in [2.45, 2.75) is 44.6 Å². The van der Waals surface area contributed by atoms with Crippen LogP contribution in [-0.4, -0.2) is 13.3 Å². The van der Waals surface area contributed by atoms with E-state index in [0.717, 1.165) is 31.2 Å². The summed E-state index contributed by atoms with van der Waals surface area (Å²) >= 11 is 0. The van der Waals surface area contributed by atoms with Crippen molar-refractivity contribution in [2.24, 2.45) is 5.92 Å². The topological polar surface area (TPSA) is 9.23 Å². The molecule has 1 saturated carbocycles. The van der Waals surface area contributed by atoms with Crippen molar-refractivity contribution in [1.82, 2.24) is 0 Å². The fourth-order valence-electron chi connectivity index (χ4n) is 3.82. The molecule has 0 aromatic heterocycles. The molecular weight excluding hydrogens is 368 g/mol. The molecule has 1 fully saturated rings. The van der Waals surface area contributed by atoms with Crippen LogP contribution in [0.4, 0.5) is 17.6 Å². The minimum Gasteiger partial charge on any atom is -0.432 e. The Morgan fingerprint density at radius 1 is 0.964 bits per heavy atom. The smallest absolute Gasteiger partial charge is 0.387 e. The Labute approximate surface area is 163 Å². The van der Waals surface area contributed by atoms with Crippen LogP contribution in [0.25, 0.3) is 11.1 Å².